The highest BCUT2D eigenvalue weighted by molar-refractivity contribution is 6.06. The van der Waals surface area contributed by atoms with E-state index in [1.807, 2.05) is 42.5 Å². The molecule has 21 heavy (non-hydrogen) atoms. The van der Waals surface area contributed by atoms with Crippen molar-refractivity contribution < 1.29 is 14.6 Å². The summed E-state index contributed by atoms with van der Waals surface area (Å²) in [5, 5.41) is 10.4. The zero-order chi connectivity index (χ0) is 15.0. The third-order valence-corrected chi connectivity index (χ3v) is 3.88. The summed E-state index contributed by atoms with van der Waals surface area (Å²) in [6.45, 7) is 1.97. The lowest BCUT2D eigenvalue weighted by atomic mass is 9.98. The molecule has 1 heterocycles. The normalized spacial score (nSPS) is 20.5. The summed E-state index contributed by atoms with van der Waals surface area (Å²) in [5.41, 5.74) is 0.951. The summed E-state index contributed by atoms with van der Waals surface area (Å²) in [4.78, 5) is 14.1. The number of carbonyl (C=O) groups excluding carboxylic acids is 1. The number of rotatable bonds is 3. The molecule has 2 aromatic carbocycles. The molecule has 0 aromatic heterocycles. The van der Waals surface area contributed by atoms with Gasteiger partial charge in [-0.1, -0.05) is 30.3 Å². The first-order valence-corrected chi connectivity index (χ1v) is 6.81. The first-order valence-electron chi connectivity index (χ1n) is 6.81. The standard InChI is InChI=1S/C17H17NO3/c1-17(20)14-5-3-4-6-15(14)18(16(17)19)11-12-7-9-13(21-2)10-8-12/h3-10,20H,11H2,1-2H3. The number of amides is 1. The largest absolute Gasteiger partial charge is 0.497 e. The van der Waals surface area contributed by atoms with Crippen molar-refractivity contribution in [1.82, 2.24) is 0 Å². The number of methoxy groups -OCH3 is 1. The number of hydrogen-bond acceptors (Lipinski definition) is 3. The highest BCUT2D eigenvalue weighted by atomic mass is 16.5. The van der Waals surface area contributed by atoms with Crippen molar-refractivity contribution in [3.63, 3.8) is 0 Å². The molecule has 1 aliphatic rings. The first kappa shape index (κ1) is 13.6. The number of para-hydroxylation sites is 1. The highest BCUT2D eigenvalue weighted by Crippen LogP contribution is 2.40. The molecule has 2 aromatic rings. The molecular formula is C17H17NO3. The van der Waals surface area contributed by atoms with Gasteiger partial charge in [-0.3, -0.25) is 4.79 Å². The number of nitrogens with zero attached hydrogens (tertiary/aromatic N) is 1. The van der Waals surface area contributed by atoms with Gasteiger partial charge in [0.1, 0.15) is 5.75 Å². The fourth-order valence-corrected chi connectivity index (χ4v) is 2.68. The molecule has 0 fully saturated rings. The van der Waals surface area contributed by atoms with E-state index in [0.717, 1.165) is 17.0 Å². The van der Waals surface area contributed by atoms with Crippen molar-refractivity contribution in [3.05, 3.63) is 59.7 Å². The number of hydrogen-bond donors (Lipinski definition) is 1. The molecule has 0 saturated heterocycles. The van der Waals surface area contributed by atoms with Crippen LogP contribution < -0.4 is 9.64 Å². The van der Waals surface area contributed by atoms with E-state index in [9.17, 15) is 9.90 Å². The summed E-state index contributed by atoms with van der Waals surface area (Å²) in [6, 6.07) is 14.9. The van der Waals surface area contributed by atoms with Gasteiger partial charge in [0.15, 0.2) is 5.60 Å². The van der Waals surface area contributed by atoms with Gasteiger partial charge in [-0.05, 0) is 30.7 Å². The average molecular weight is 283 g/mol. The first-order chi connectivity index (χ1) is 10.0. The Morgan fingerprint density at radius 3 is 2.48 bits per heavy atom. The Morgan fingerprint density at radius 1 is 1.14 bits per heavy atom. The summed E-state index contributed by atoms with van der Waals surface area (Å²) in [7, 11) is 1.62. The molecule has 1 N–H and O–H groups in total. The van der Waals surface area contributed by atoms with Crippen LogP contribution >= 0.6 is 0 Å². The second kappa shape index (κ2) is 4.90. The van der Waals surface area contributed by atoms with Crippen molar-refractivity contribution in [2.75, 3.05) is 12.0 Å². The molecular weight excluding hydrogens is 266 g/mol. The van der Waals surface area contributed by atoms with Gasteiger partial charge >= 0.3 is 0 Å². The van der Waals surface area contributed by atoms with Crippen LogP contribution in [0.25, 0.3) is 0 Å². The Bertz CT molecular complexity index is 677. The SMILES string of the molecule is COc1ccc(CN2C(=O)C(C)(O)c3ccccc32)cc1. The molecule has 1 aliphatic heterocycles. The molecule has 4 nitrogen and oxygen atoms in total. The molecule has 0 spiro atoms. The Labute approximate surface area is 123 Å². The Hall–Kier alpha value is -2.33. The molecule has 0 saturated carbocycles. The zero-order valence-corrected chi connectivity index (χ0v) is 12.0. The van der Waals surface area contributed by atoms with Crippen LogP contribution in [0, 0.1) is 0 Å². The lowest BCUT2D eigenvalue weighted by Gasteiger charge is -2.19. The second-order valence-electron chi connectivity index (χ2n) is 5.33. The van der Waals surface area contributed by atoms with Gasteiger partial charge in [0, 0.05) is 5.56 Å². The predicted molar refractivity (Wildman–Crippen MR) is 80.2 cm³/mol. The van der Waals surface area contributed by atoms with E-state index < -0.39 is 5.60 Å². The maximum absolute atomic E-state index is 12.5. The monoisotopic (exact) mass is 283 g/mol. The maximum atomic E-state index is 12.5. The van der Waals surface area contributed by atoms with E-state index in [-0.39, 0.29) is 5.91 Å². The van der Waals surface area contributed by atoms with Gasteiger partial charge in [-0.25, -0.2) is 0 Å². The van der Waals surface area contributed by atoms with E-state index in [4.69, 9.17) is 4.74 Å². The van der Waals surface area contributed by atoms with Crippen molar-refractivity contribution in [2.45, 2.75) is 19.1 Å². The molecule has 1 amide bonds. The van der Waals surface area contributed by atoms with Crippen LogP contribution in [0.3, 0.4) is 0 Å². The number of carbonyl (C=O) groups is 1. The number of benzene rings is 2. The molecule has 0 aliphatic carbocycles. The fourth-order valence-electron chi connectivity index (χ4n) is 2.68. The minimum Gasteiger partial charge on any atom is -0.497 e. The van der Waals surface area contributed by atoms with Gasteiger partial charge in [-0.2, -0.15) is 0 Å². The van der Waals surface area contributed by atoms with Crippen LogP contribution in [0.4, 0.5) is 5.69 Å². The third-order valence-electron chi connectivity index (χ3n) is 3.88. The van der Waals surface area contributed by atoms with E-state index in [0.29, 0.717) is 12.1 Å². The Morgan fingerprint density at radius 2 is 1.81 bits per heavy atom. The second-order valence-corrected chi connectivity index (χ2v) is 5.33. The van der Waals surface area contributed by atoms with Crippen molar-refractivity contribution in [1.29, 1.82) is 0 Å². The van der Waals surface area contributed by atoms with Gasteiger partial charge in [0.2, 0.25) is 0 Å². The molecule has 1 atom stereocenters. The zero-order valence-electron chi connectivity index (χ0n) is 12.0. The number of anilines is 1. The van der Waals surface area contributed by atoms with Crippen molar-refractivity contribution in [2.24, 2.45) is 0 Å². The van der Waals surface area contributed by atoms with Crippen LogP contribution in [0.2, 0.25) is 0 Å². The topological polar surface area (TPSA) is 49.8 Å². The number of fused-ring (bicyclic) bond motifs is 1. The van der Waals surface area contributed by atoms with Crippen molar-refractivity contribution in [3.8, 4) is 5.75 Å². The summed E-state index contributed by atoms with van der Waals surface area (Å²) in [6.07, 6.45) is 0. The number of ether oxygens (including phenoxy) is 1. The fraction of sp³-hybridized carbons (Fsp3) is 0.235. The van der Waals surface area contributed by atoms with Crippen LogP contribution in [-0.4, -0.2) is 18.1 Å². The minimum atomic E-state index is -1.46. The van der Waals surface area contributed by atoms with Crippen LogP contribution in [0.1, 0.15) is 18.1 Å². The van der Waals surface area contributed by atoms with Crippen LogP contribution in [-0.2, 0) is 16.9 Å². The maximum Gasteiger partial charge on any atom is 0.263 e. The summed E-state index contributed by atoms with van der Waals surface area (Å²) >= 11 is 0. The van der Waals surface area contributed by atoms with Gasteiger partial charge < -0.3 is 14.7 Å². The van der Waals surface area contributed by atoms with Crippen molar-refractivity contribution >= 4 is 11.6 Å². The average Bonchev–Trinajstić information content (AvgIpc) is 2.70. The van der Waals surface area contributed by atoms with E-state index in [1.54, 1.807) is 25.0 Å². The van der Waals surface area contributed by atoms with E-state index in [2.05, 4.69) is 0 Å². The quantitative estimate of drug-likeness (QED) is 0.941. The van der Waals surface area contributed by atoms with Crippen LogP contribution in [0.5, 0.6) is 5.75 Å². The van der Waals surface area contributed by atoms with E-state index >= 15 is 0 Å². The molecule has 108 valence electrons. The lowest BCUT2D eigenvalue weighted by molar-refractivity contribution is -0.134. The Kier molecular flexibility index (Phi) is 3.18. The molecule has 0 bridgehead atoms. The molecule has 0 radical (unpaired) electrons. The molecule has 3 rings (SSSR count). The number of aliphatic hydroxyl groups is 1. The summed E-state index contributed by atoms with van der Waals surface area (Å²) in [5.74, 6) is 0.485. The minimum absolute atomic E-state index is 0.292. The van der Waals surface area contributed by atoms with Gasteiger partial charge in [0.05, 0.1) is 19.3 Å². The highest BCUT2D eigenvalue weighted by Gasteiger charge is 2.45. The predicted octanol–water partition coefficient (Wildman–Crippen LogP) is 2.45. The smallest absolute Gasteiger partial charge is 0.263 e. The van der Waals surface area contributed by atoms with E-state index in [1.165, 1.54) is 0 Å². The lowest BCUT2D eigenvalue weighted by Crippen LogP contribution is -2.37. The van der Waals surface area contributed by atoms with Gasteiger partial charge in [-0.15, -0.1) is 0 Å². The Balaban J connectivity index is 1.93. The summed E-state index contributed by atoms with van der Waals surface area (Å²) < 4.78 is 5.13. The van der Waals surface area contributed by atoms with Crippen LogP contribution in [0.15, 0.2) is 48.5 Å². The third kappa shape index (κ3) is 2.17. The molecule has 4 heteroatoms. The molecule has 1 unspecified atom stereocenters. The van der Waals surface area contributed by atoms with Gasteiger partial charge in [0.25, 0.3) is 5.91 Å².